The number of piperidine rings is 1. The topological polar surface area (TPSA) is 78.5 Å². The van der Waals surface area contributed by atoms with Crippen LogP contribution < -0.4 is 10.6 Å². The number of likely N-dealkylation sites (tertiary alicyclic amines) is 1. The van der Waals surface area contributed by atoms with Gasteiger partial charge in [-0.1, -0.05) is 18.7 Å². The molecule has 0 bridgehead atoms. The maximum atomic E-state index is 12.7. The molecular formula is C20H25N3O3. The number of carbonyl (C=O) groups is 3. The third kappa shape index (κ3) is 3.55. The maximum absolute atomic E-state index is 12.7. The number of nitrogens with zero attached hydrogens (tertiary/aromatic N) is 1. The first-order valence-corrected chi connectivity index (χ1v) is 9.00. The van der Waals surface area contributed by atoms with Gasteiger partial charge in [0, 0.05) is 24.4 Å². The molecule has 138 valence electrons. The van der Waals surface area contributed by atoms with Gasteiger partial charge in [0.25, 0.3) is 0 Å². The van der Waals surface area contributed by atoms with Crippen LogP contribution in [0.25, 0.3) is 0 Å². The smallest absolute Gasteiger partial charge is 0.235 e. The summed E-state index contributed by atoms with van der Waals surface area (Å²) in [7, 11) is 0. The van der Waals surface area contributed by atoms with E-state index in [-0.39, 0.29) is 35.9 Å². The molecule has 3 unspecified atom stereocenters. The normalized spacial score (nSPS) is 23.5. The summed E-state index contributed by atoms with van der Waals surface area (Å²) in [6.07, 6.45) is 0.850. The lowest BCUT2D eigenvalue weighted by Gasteiger charge is -2.22. The summed E-state index contributed by atoms with van der Waals surface area (Å²) in [5.41, 5.74) is 2.60. The second kappa shape index (κ2) is 7.41. The quantitative estimate of drug-likeness (QED) is 0.760. The zero-order chi connectivity index (χ0) is 18.8. The minimum absolute atomic E-state index is 0.126. The number of carbonyl (C=O) groups excluding carboxylic acids is 3. The SMILES string of the molecule is C=C(C)Nc1ccc(CC(=O)C(C)N2C(=O)C3CCNCC3C2=O)cc1. The van der Waals surface area contributed by atoms with Crippen molar-refractivity contribution in [1.29, 1.82) is 0 Å². The molecule has 26 heavy (non-hydrogen) atoms. The van der Waals surface area contributed by atoms with E-state index in [1.807, 2.05) is 31.2 Å². The van der Waals surface area contributed by atoms with E-state index in [0.29, 0.717) is 13.0 Å². The maximum Gasteiger partial charge on any atom is 0.235 e. The number of fused-ring (bicyclic) bond motifs is 1. The van der Waals surface area contributed by atoms with Gasteiger partial charge in [0.15, 0.2) is 5.78 Å². The monoisotopic (exact) mass is 355 g/mol. The lowest BCUT2D eigenvalue weighted by atomic mass is 9.89. The van der Waals surface area contributed by atoms with Crippen molar-refractivity contribution in [3.8, 4) is 0 Å². The van der Waals surface area contributed by atoms with Crippen molar-refractivity contribution in [2.45, 2.75) is 32.7 Å². The average Bonchev–Trinajstić information content (AvgIpc) is 2.87. The summed E-state index contributed by atoms with van der Waals surface area (Å²) in [5.74, 6) is -1.12. The molecule has 0 aromatic heterocycles. The highest BCUT2D eigenvalue weighted by Gasteiger charge is 2.50. The predicted octanol–water partition coefficient (Wildman–Crippen LogP) is 1.73. The molecule has 2 amide bonds. The Labute approximate surface area is 153 Å². The van der Waals surface area contributed by atoms with Gasteiger partial charge in [-0.2, -0.15) is 0 Å². The number of nitrogens with one attached hydrogen (secondary N) is 2. The fourth-order valence-electron chi connectivity index (χ4n) is 3.71. The van der Waals surface area contributed by atoms with E-state index < -0.39 is 6.04 Å². The number of Topliss-reactive ketones (excluding diaryl/α,β-unsaturated/α-hetero) is 1. The summed E-state index contributed by atoms with van der Waals surface area (Å²) in [5, 5.41) is 6.27. The highest BCUT2D eigenvalue weighted by atomic mass is 16.2. The highest BCUT2D eigenvalue weighted by molar-refractivity contribution is 6.08. The molecule has 6 nitrogen and oxygen atoms in total. The van der Waals surface area contributed by atoms with Crippen molar-refractivity contribution in [3.05, 3.63) is 42.1 Å². The van der Waals surface area contributed by atoms with Gasteiger partial charge in [0.1, 0.15) is 0 Å². The Balaban J connectivity index is 1.67. The summed E-state index contributed by atoms with van der Waals surface area (Å²) < 4.78 is 0. The van der Waals surface area contributed by atoms with Gasteiger partial charge in [-0.05, 0) is 44.5 Å². The zero-order valence-electron chi connectivity index (χ0n) is 15.2. The molecule has 3 atom stereocenters. The van der Waals surface area contributed by atoms with E-state index in [2.05, 4.69) is 17.2 Å². The third-order valence-corrected chi connectivity index (χ3v) is 5.13. The standard InChI is InChI=1S/C20H25N3O3/c1-12(2)22-15-6-4-14(5-7-15)10-18(24)13(3)23-19(25)16-8-9-21-11-17(16)20(23)26/h4-7,13,16-17,21-22H,1,8-11H2,2-3H3. The molecule has 2 aliphatic heterocycles. The lowest BCUT2D eigenvalue weighted by Crippen LogP contribution is -2.44. The van der Waals surface area contributed by atoms with Gasteiger partial charge in [-0.15, -0.1) is 0 Å². The van der Waals surface area contributed by atoms with Crippen molar-refractivity contribution in [2.24, 2.45) is 11.8 Å². The number of hydrogen-bond donors (Lipinski definition) is 2. The molecule has 2 saturated heterocycles. The number of imide groups is 1. The van der Waals surface area contributed by atoms with Crippen LogP contribution in [0.3, 0.4) is 0 Å². The first-order valence-electron chi connectivity index (χ1n) is 9.00. The van der Waals surface area contributed by atoms with E-state index in [0.717, 1.165) is 23.5 Å². The van der Waals surface area contributed by atoms with Crippen LogP contribution in [0.1, 0.15) is 25.8 Å². The Hall–Kier alpha value is -2.47. The van der Waals surface area contributed by atoms with E-state index in [9.17, 15) is 14.4 Å². The molecule has 0 radical (unpaired) electrons. The molecular weight excluding hydrogens is 330 g/mol. The first-order chi connectivity index (χ1) is 12.4. The van der Waals surface area contributed by atoms with Crippen LogP contribution in [-0.2, 0) is 20.8 Å². The first kappa shape index (κ1) is 18.3. The number of allylic oxidation sites excluding steroid dienone is 1. The third-order valence-electron chi connectivity index (χ3n) is 5.13. The predicted molar refractivity (Wildman–Crippen MR) is 99.4 cm³/mol. The minimum Gasteiger partial charge on any atom is -0.360 e. The Kier molecular flexibility index (Phi) is 5.23. The number of hydrogen-bond acceptors (Lipinski definition) is 5. The van der Waals surface area contributed by atoms with Crippen molar-refractivity contribution < 1.29 is 14.4 Å². The molecule has 0 saturated carbocycles. The Morgan fingerprint density at radius 1 is 1.27 bits per heavy atom. The molecule has 1 aromatic carbocycles. The van der Waals surface area contributed by atoms with Crippen LogP contribution in [0.2, 0.25) is 0 Å². The number of ketones is 1. The zero-order valence-corrected chi connectivity index (χ0v) is 15.2. The second-order valence-electron chi connectivity index (χ2n) is 7.17. The summed E-state index contributed by atoms with van der Waals surface area (Å²) >= 11 is 0. The Bertz CT molecular complexity index is 717. The van der Waals surface area contributed by atoms with E-state index in [1.54, 1.807) is 6.92 Å². The molecule has 1 aromatic rings. The lowest BCUT2D eigenvalue weighted by molar-refractivity contribution is -0.146. The van der Waals surface area contributed by atoms with E-state index >= 15 is 0 Å². The van der Waals surface area contributed by atoms with Crippen molar-refractivity contribution in [1.82, 2.24) is 10.2 Å². The molecule has 2 N–H and O–H groups in total. The van der Waals surface area contributed by atoms with Crippen LogP contribution in [0, 0.1) is 11.8 Å². The van der Waals surface area contributed by atoms with E-state index in [4.69, 9.17) is 0 Å². The molecule has 2 heterocycles. The minimum atomic E-state index is -0.728. The van der Waals surface area contributed by atoms with Gasteiger partial charge >= 0.3 is 0 Å². The second-order valence-corrected chi connectivity index (χ2v) is 7.17. The summed E-state index contributed by atoms with van der Waals surface area (Å²) in [6.45, 7) is 8.57. The van der Waals surface area contributed by atoms with Gasteiger partial charge in [-0.25, -0.2) is 0 Å². The van der Waals surface area contributed by atoms with Crippen molar-refractivity contribution in [3.63, 3.8) is 0 Å². The molecule has 3 rings (SSSR count). The molecule has 0 aliphatic carbocycles. The van der Waals surface area contributed by atoms with Gasteiger partial charge in [-0.3, -0.25) is 19.3 Å². The van der Waals surface area contributed by atoms with Gasteiger partial charge < -0.3 is 10.6 Å². The number of amides is 2. The van der Waals surface area contributed by atoms with Crippen molar-refractivity contribution >= 4 is 23.3 Å². The summed E-state index contributed by atoms with van der Waals surface area (Å²) in [4.78, 5) is 39.1. The Morgan fingerprint density at radius 2 is 1.92 bits per heavy atom. The molecule has 2 fully saturated rings. The molecule has 0 spiro atoms. The van der Waals surface area contributed by atoms with Crippen LogP contribution in [0.4, 0.5) is 5.69 Å². The van der Waals surface area contributed by atoms with Gasteiger partial charge in [0.05, 0.1) is 17.9 Å². The number of benzene rings is 1. The van der Waals surface area contributed by atoms with Crippen LogP contribution in [0.5, 0.6) is 0 Å². The van der Waals surface area contributed by atoms with Crippen molar-refractivity contribution in [2.75, 3.05) is 18.4 Å². The average molecular weight is 355 g/mol. The largest absolute Gasteiger partial charge is 0.360 e. The fourth-order valence-corrected chi connectivity index (χ4v) is 3.71. The molecule has 2 aliphatic rings. The number of rotatable bonds is 6. The molecule has 6 heteroatoms. The number of anilines is 1. The van der Waals surface area contributed by atoms with Gasteiger partial charge in [0.2, 0.25) is 11.8 Å². The summed E-state index contributed by atoms with van der Waals surface area (Å²) in [6, 6.07) is 6.78. The highest BCUT2D eigenvalue weighted by Crippen LogP contribution is 2.32. The van der Waals surface area contributed by atoms with E-state index in [1.165, 1.54) is 4.90 Å². The Morgan fingerprint density at radius 3 is 2.54 bits per heavy atom. The van der Waals surface area contributed by atoms with Crippen LogP contribution >= 0.6 is 0 Å². The van der Waals surface area contributed by atoms with Crippen LogP contribution in [-0.4, -0.2) is 41.6 Å². The van der Waals surface area contributed by atoms with Crippen LogP contribution in [0.15, 0.2) is 36.5 Å². The fraction of sp³-hybridized carbons (Fsp3) is 0.450.